The summed E-state index contributed by atoms with van der Waals surface area (Å²) in [6, 6.07) is 62.1. The minimum absolute atomic E-state index is 0.875. The first kappa shape index (κ1) is 27.1. The van der Waals surface area contributed by atoms with E-state index >= 15 is 0 Å². The fourth-order valence-electron chi connectivity index (χ4n) is 6.77. The van der Waals surface area contributed by atoms with Gasteiger partial charge >= 0.3 is 0 Å². The van der Waals surface area contributed by atoms with Gasteiger partial charge in [0, 0.05) is 21.9 Å². The van der Waals surface area contributed by atoms with Gasteiger partial charge in [0.15, 0.2) is 0 Å². The summed E-state index contributed by atoms with van der Waals surface area (Å²) >= 11 is 0. The zero-order valence-electron chi connectivity index (χ0n) is 25.6. The summed E-state index contributed by atoms with van der Waals surface area (Å²) in [6.45, 7) is 0. The summed E-state index contributed by atoms with van der Waals surface area (Å²) in [5, 5.41) is 4.73. The number of furan rings is 1. The minimum atomic E-state index is 0.875. The number of fused-ring (bicyclic) bond motifs is 4. The topological polar surface area (TPSA) is 26.0 Å². The highest BCUT2D eigenvalue weighted by atomic mass is 16.3. The van der Waals surface area contributed by atoms with Crippen molar-refractivity contribution in [2.24, 2.45) is 0 Å². The Kier molecular flexibility index (Phi) is 6.50. The fraction of sp³-hybridized carbons (Fsp3) is 0. The zero-order chi connectivity index (χ0) is 31.2. The number of hydrogen-bond acceptors (Lipinski definition) is 2. The summed E-state index contributed by atoms with van der Waals surface area (Å²) < 4.78 is 6.44. The molecule has 0 aliphatic rings. The van der Waals surface area contributed by atoms with Gasteiger partial charge < -0.3 is 4.42 Å². The highest BCUT2D eigenvalue weighted by Crippen LogP contribution is 2.40. The quantitative estimate of drug-likeness (QED) is 0.197. The minimum Gasteiger partial charge on any atom is -0.456 e. The van der Waals surface area contributed by atoms with E-state index in [0.717, 1.165) is 61.1 Å². The molecule has 2 nitrogen and oxygen atoms in total. The summed E-state index contributed by atoms with van der Waals surface area (Å²) in [7, 11) is 0. The van der Waals surface area contributed by atoms with Gasteiger partial charge in [0.2, 0.25) is 0 Å². The Bertz CT molecular complexity index is 2480. The fourth-order valence-corrected chi connectivity index (χ4v) is 6.77. The lowest BCUT2D eigenvalue weighted by Gasteiger charge is -2.11. The SMILES string of the molecule is c1ccc(-c2cc(-c3cccc4oc5ccc(-c6ccc(-c7cccc8ccccc78)cc6)cc5c34)cc(-c3ccccc3)n2)cc1. The maximum absolute atomic E-state index is 6.44. The molecule has 0 unspecified atom stereocenters. The third kappa shape index (κ3) is 4.88. The molecule has 0 N–H and O–H groups in total. The number of aromatic nitrogens is 1. The van der Waals surface area contributed by atoms with E-state index in [4.69, 9.17) is 9.40 Å². The van der Waals surface area contributed by atoms with E-state index < -0.39 is 0 Å². The average Bonchev–Trinajstić information content (AvgIpc) is 3.53. The van der Waals surface area contributed by atoms with Gasteiger partial charge in [0.25, 0.3) is 0 Å². The first-order valence-corrected chi connectivity index (χ1v) is 16.0. The molecule has 0 spiro atoms. The van der Waals surface area contributed by atoms with Gasteiger partial charge in [-0.05, 0) is 74.5 Å². The number of hydrogen-bond donors (Lipinski definition) is 0. The van der Waals surface area contributed by atoms with E-state index in [9.17, 15) is 0 Å². The van der Waals surface area contributed by atoms with Crippen LogP contribution < -0.4 is 0 Å². The molecule has 47 heavy (non-hydrogen) atoms. The van der Waals surface area contributed by atoms with Crippen molar-refractivity contribution >= 4 is 32.7 Å². The van der Waals surface area contributed by atoms with Crippen molar-refractivity contribution in [3.8, 4) is 55.9 Å². The first-order chi connectivity index (χ1) is 23.3. The Morgan fingerprint density at radius 2 is 0.936 bits per heavy atom. The molecule has 0 amide bonds. The molecule has 220 valence electrons. The first-order valence-electron chi connectivity index (χ1n) is 16.0. The van der Waals surface area contributed by atoms with Crippen molar-refractivity contribution in [2.45, 2.75) is 0 Å². The predicted octanol–water partition coefficient (Wildman–Crippen LogP) is 12.5. The third-order valence-corrected chi connectivity index (χ3v) is 9.09. The van der Waals surface area contributed by atoms with Crippen molar-refractivity contribution in [1.29, 1.82) is 0 Å². The Morgan fingerprint density at radius 1 is 0.340 bits per heavy atom. The lowest BCUT2D eigenvalue weighted by atomic mass is 9.94. The van der Waals surface area contributed by atoms with Crippen molar-refractivity contribution in [2.75, 3.05) is 0 Å². The molecule has 2 heteroatoms. The standard InChI is InChI=1S/C45H29NO/c1-3-12-33(13-4-1)41-28-36(29-42(46-41)34-14-5-2-6-15-34)39-19-10-20-44-45(39)40-27-35(25-26-43(40)47-44)30-21-23-32(24-22-30)38-18-9-16-31-11-7-8-17-37(31)38/h1-29H. The van der Waals surface area contributed by atoms with E-state index in [2.05, 4.69) is 164 Å². The van der Waals surface area contributed by atoms with Gasteiger partial charge in [0.05, 0.1) is 11.4 Å². The van der Waals surface area contributed by atoms with Crippen LogP contribution in [0.25, 0.3) is 88.6 Å². The third-order valence-electron chi connectivity index (χ3n) is 9.09. The highest BCUT2D eigenvalue weighted by molar-refractivity contribution is 6.13. The molecule has 0 saturated carbocycles. The summed E-state index contributed by atoms with van der Waals surface area (Å²) in [6.07, 6.45) is 0. The number of benzene rings is 7. The van der Waals surface area contributed by atoms with Gasteiger partial charge in [-0.3, -0.25) is 0 Å². The lowest BCUT2D eigenvalue weighted by molar-refractivity contribution is 0.669. The number of rotatable bonds is 5. The second-order valence-electron chi connectivity index (χ2n) is 12.0. The van der Waals surface area contributed by atoms with E-state index in [0.29, 0.717) is 0 Å². The van der Waals surface area contributed by atoms with Crippen LogP contribution >= 0.6 is 0 Å². The van der Waals surface area contributed by atoms with Crippen molar-refractivity contribution < 1.29 is 4.42 Å². The molecular weight excluding hydrogens is 571 g/mol. The Morgan fingerprint density at radius 3 is 1.68 bits per heavy atom. The number of pyridine rings is 1. The van der Waals surface area contributed by atoms with E-state index in [1.807, 2.05) is 12.1 Å². The molecule has 2 aromatic heterocycles. The largest absolute Gasteiger partial charge is 0.456 e. The van der Waals surface area contributed by atoms with Crippen LogP contribution in [-0.4, -0.2) is 4.98 Å². The van der Waals surface area contributed by atoms with E-state index in [1.165, 1.54) is 27.5 Å². The average molecular weight is 600 g/mol. The molecule has 2 heterocycles. The van der Waals surface area contributed by atoms with Crippen LogP contribution in [0.5, 0.6) is 0 Å². The van der Waals surface area contributed by atoms with Crippen LogP contribution in [0.1, 0.15) is 0 Å². The molecule has 0 radical (unpaired) electrons. The van der Waals surface area contributed by atoms with Crippen molar-refractivity contribution in [3.63, 3.8) is 0 Å². The monoisotopic (exact) mass is 599 g/mol. The zero-order valence-corrected chi connectivity index (χ0v) is 25.6. The predicted molar refractivity (Wildman–Crippen MR) is 196 cm³/mol. The molecular formula is C45H29NO. The van der Waals surface area contributed by atoms with Gasteiger partial charge in [-0.25, -0.2) is 4.98 Å². The molecule has 0 saturated heterocycles. The van der Waals surface area contributed by atoms with Crippen LogP contribution in [0.4, 0.5) is 0 Å². The molecule has 0 fully saturated rings. The second kappa shape index (κ2) is 11.3. The normalized spacial score (nSPS) is 11.4. The van der Waals surface area contributed by atoms with Crippen LogP contribution in [0, 0.1) is 0 Å². The molecule has 0 aliphatic carbocycles. The highest BCUT2D eigenvalue weighted by Gasteiger charge is 2.16. The van der Waals surface area contributed by atoms with Gasteiger partial charge in [-0.2, -0.15) is 0 Å². The molecule has 0 aliphatic heterocycles. The van der Waals surface area contributed by atoms with E-state index in [1.54, 1.807) is 0 Å². The summed E-state index contributed by atoms with van der Waals surface area (Å²) in [5.74, 6) is 0. The maximum atomic E-state index is 6.44. The Hall–Kier alpha value is -6.25. The maximum Gasteiger partial charge on any atom is 0.136 e. The smallest absolute Gasteiger partial charge is 0.136 e. The van der Waals surface area contributed by atoms with Crippen LogP contribution in [0.15, 0.2) is 180 Å². The van der Waals surface area contributed by atoms with Gasteiger partial charge in [0.1, 0.15) is 11.2 Å². The molecule has 9 aromatic rings. The summed E-state index contributed by atoms with van der Waals surface area (Å²) in [4.78, 5) is 5.11. The van der Waals surface area contributed by atoms with Crippen molar-refractivity contribution in [1.82, 2.24) is 4.98 Å². The second-order valence-corrected chi connectivity index (χ2v) is 12.0. The number of nitrogens with zero attached hydrogens (tertiary/aromatic N) is 1. The molecule has 0 atom stereocenters. The van der Waals surface area contributed by atoms with E-state index in [-0.39, 0.29) is 0 Å². The summed E-state index contributed by atoms with van der Waals surface area (Å²) in [5.41, 5.74) is 12.8. The molecule has 9 rings (SSSR count). The van der Waals surface area contributed by atoms with Gasteiger partial charge in [-0.15, -0.1) is 0 Å². The van der Waals surface area contributed by atoms with Gasteiger partial charge in [-0.1, -0.05) is 146 Å². The van der Waals surface area contributed by atoms with Crippen LogP contribution in [0.3, 0.4) is 0 Å². The lowest BCUT2D eigenvalue weighted by Crippen LogP contribution is -1.91. The Labute approximate surface area is 273 Å². The molecule has 7 aromatic carbocycles. The van der Waals surface area contributed by atoms with Crippen molar-refractivity contribution in [3.05, 3.63) is 176 Å². The molecule has 0 bridgehead atoms. The van der Waals surface area contributed by atoms with Crippen LogP contribution in [0.2, 0.25) is 0 Å². The van der Waals surface area contributed by atoms with Crippen LogP contribution in [-0.2, 0) is 0 Å². The Balaban J connectivity index is 1.18.